The van der Waals surface area contributed by atoms with Gasteiger partial charge in [-0.1, -0.05) is 93.6 Å². The third kappa shape index (κ3) is 2.83. The van der Waals surface area contributed by atoms with Crippen LogP contribution in [0.4, 0.5) is 0 Å². The highest BCUT2D eigenvalue weighted by atomic mass is 16.2. The Morgan fingerprint density at radius 1 is 0.867 bits per heavy atom. The summed E-state index contributed by atoms with van der Waals surface area (Å²) in [4.78, 5) is 28.3. The normalized spacial score (nSPS) is 18.4. The largest absolute Gasteiger partial charge is 0.367 e. The molecule has 0 radical (unpaired) electrons. The third-order valence-electron chi connectivity index (χ3n) is 6.07. The van der Waals surface area contributed by atoms with Crippen LogP contribution in [0.1, 0.15) is 42.3 Å². The first-order valence-electron chi connectivity index (χ1n) is 10.1. The molecule has 0 saturated heterocycles. The van der Waals surface area contributed by atoms with E-state index in [4.69, 9.17) is 5.73 Å². The first-order valence-corrected chi connectivity index (χ1v) is 10.1. The maximum Gasteiger partial charge on any atom is 0.255 e. The lowest BCUT2D eigenvalue weighted by Crippen LogP contribution is -2.60. The second kappa shape index (κ2) is 7.13. The minimum absolute atomic E-state index is 0.165. The number of fused-ring (bicyclic) bond motifs is 1. The van der Waals surface area contributed by atoms with Crippen LogP contribution in [-0.2, 0) is 16.9 Å². The van der Waals surface area contributed by atoms with Gasteiger partial charge < -0.3 is 10.6 Å². The standard InChI is InChI=1S/C26H26N2O2/c1-25(2,3)26(24(27)30)22-16-10-9-15-21(22)23(29)28(26)17-19-13-7-8-14-20(19)18-11-5-4-6-12-18/h4-16H,17H2,1-3H3,(H2,27,30). The van der Waals surface area contributed by atoms with Crippen LogP contribution in [0.25, 0.3) is 11.1 Å². The molecular weight excluding hydrogens is 372 g/mol. The average molecular weight is 399 g/mol. The van der Waals surface area contributed by atoms with Crippen molar-refractivity contribution in [2.45, 2.75) is 32.9 Å². The zero-order chi connectivity index (χ0) is 21.5. The van der Waals surface area contributed by atoms with Crippen LogP contribution in [0.2, 0.25) is 0 Å². The summed E-state index contributed by atoms with van der Waals surface area (Å²) < 4.78 is 0. The topological polar surface area (TPSA) is 63.4 Å². The summed E-state index contributed by atoms with van der Waals surface area (Å²) in [5.74, 6) is -0.673. The van der Waals surface area contributed by atoms with Crippen molar-refractivity contribution in [2.75, 3.05) is 0 Å². The molecule has 0 saturated carbocycles. The SMILES string of the molecule is CC(C)(C)C1(C(N)=O)c2ccccc2C(=O)N1Cc1ccccc1-c1ccccc1. The molecule has 1 unspecified atom stereocenters. The summed E-state index contributed by atoms with van der Waals surface area (Å²) >= 11 is 0. The summed E-state index contributed by atoms with van der Waals surface area (Å²) in [5.41, 5.74) is 8.54. The number of primary amides is 1. The van der Waals surface area contributed by atoms with Crippen LogP contribution in [0, 0.1) is 5.41 Å². The number of rotatable bonds is 4. The van der Waals surface area contributed by atoms with Crippen molar-refractivity contribution >= 4 is 11.8 Å². The molecule has 4 rings (SSSR count). The number of carbonyl (C=O) groups is 2. The molecular formula is C26H26N2O2. The lowest BCUT2D eigenvalue weighted by Gasteiger charge is -2.46. The lowest BCUT2D eigenvalue weighted by atomic mass is 9.68. The van der Waals surface area contributed by atoms with Crippen molar-refractivity contribution in [1.82, 2.24) is 4.90 Å². The third-order valence-corrected chi connectivity index (χ3v) is 6.07. The Bertz CT molecular complexity index is 1120. The van der Waals surface area contributed by atoms with Crippen LogP contribution in [0.15, 0.2) is 78.9 Å². The second-order valence-electron chi connectivity index (χ2n) is 8.78. The molecule has 0 aliphatic carbocycles. The highest BCUT2D eigenvalue weighted by molar-refractivity contribution is 6.07. The van der Waals surface area contributed by atoms with Crippen molar-refractivity contribution in [2.24, 2.45) is 11.1 Å². The average Bonchev–Trinajstić information content (AvgIpc) is 2.98. The Labute approximate surface area is 177 Å². The molecule has 152 valence electrons. The summed E-state index contributed by atoms with van der Waals surface area (Å²) in [7, 11) is 0. The van der Waals surface area contributed by atoms with Gasteiger partial charge >= 0.3 is 0 Å². The molecule has 1 heterocycles. The van der Waals surface area contributed by atoms with Crippen LogP contribution >= 0.6 is 0 Å². The Hall–Kier alpha value is -3.40. The van der Waals surface area contributed by atoms with Crippen molar-refractivity contribution in [3.8, 4) is 11.1 Å². The van der Waals surface area contributed by atoms with E-state index in [0.717, 1.165) is 16.7 Å². The van der Waals surface area contributed by atoms with E-state index in [0.29, 0.717) is 17.7 Å². The minimum atomic E-state index is -1.23. The number of nitrogens with zero attached hydrogens (tertiary/aromatic N) is 1. The number of hydrogen-bond donors (Lipinski definition) is 1. The Balaban J connectivity index is 1.90. The van der Waals surface area contributed by atoms with Gasteiger partial charge in [0.25, 0.3) is 5.91 Å². The van der Waals surface area contributed by atoms with Gasteiger partial charge in [-0.3, -0.25) is 9.59 Å². The van der Waals surface area contributed by atoms with Crippen molar-refractivity contribution < 1.29 is 9.59 Å². The highest BCUT2D eigenvalue weighted by Crippen LogP contribution is 2.51. The van der Waals surface area contributed by atoms with Crippen molar-refractivity contribution in [3.63, 3.8) is 0 Å². The Kier molecular flexibility index (Phi) is 4.73. The molecule has 0 aromatic heterocycles. The number of hydrogen-bond acceptors (Lipinski definition) is 2. The van der Waals surface area contributed by atoms with Gasteiger partial charge in [-0.25, -0.2) is 0 Å². The Morgan fingerprint density at radius 3 is 2.07 bits per heavy atom. The van der Waals surface area contributed by atoms with Crippen molar-refractivity contribution in [3.05, 3.63) is 95.6 Å². The van der Waals surface area contributed by atoms with Gasteiger partial charge in [0.2, 0.25) is 5.91 Å². The minimum Gasteiger partial charge on any atom is -0.367 e. The maximum atomic E-state index is 13.5. The van der Waals surface area contributed by atoms with Crippen molar-refractivity contribution in [1.29, 1.82) is 0 Å². The monoisotopic (exact) mass is 398 g/mol. The maximum absolute atomic E-state index is 13.5. The molecule has 2 amide bonds. The van der Waals surface area contributed by atoms with E-state index in [2.05, 4.69) is 0 Å². The van der Waals surface area contributed by atoms with Gasteiger partial charge in [-0.15, -0.1) is 0 Å². The molecule has 2 N–H and O–H groups in total. The second-order valence-corrected chi connectivity index (χ2v) is 8.78. The molecule has 3 aromatic carbocycles. The zero-order valence-electron chi connectivity index (χ0n) is 17.6. The summed E-state index contributed by atoms with van der Waals surface area (Å²) in [6, 6.07) is 25.4. The van der Waals surface area contributed by atoms with Crippen LogP contribution in [0.3, 0.4) is 0 Å². The molecule has 0 spiro atoms. The molecule has 3 aromatic rings. The van der Waals surface area contributed by atoms with E-state index in [9.17, 15) is 9.59 Å². The zero-order valence-corrected chi connectivity index (χ0v) is 17.6. The molecule has 4 nitrogen and oxygen atoms in total. The smallest absolute Gasteiger partial charge is 0.255 e. The van der Waals surface area contributed by atoms with E-state index >= 15 is 0 Å². The van der Waals surface area contributed by atoms with E-state index in [1.807, 2.05) is 93.6 Å². The number of carbonyl (C=O) groups excluding carboxylic acids is 2. The van der Waals surface area contributed by atoms with Crippen LogP contribution in [0.5, 0.6) is 0 Å². The van der Waals surface area contributed by atoms with E-state index in [1.54, 1.807) is 11.0 Å². The van der Waals surface area contributed by atoms with Gasteiger partial charge in [0.05, 0.1) is 0 Å². The molecule has 1 aliphatic heterocycles. The first-order chi connectivity index (χ1) is 14.3. The van der Waals surface area contributed by atoms with Gasteiger partial charge in [0.1, 0.15) is 0 Å². The van der Waals surface area contributed by atoms with E-state index < -0.39 is 16.9 Å². The van der Waals surface area contributed by atoms with Gasteiger partial charge in [-0.2, -0.15) is 0 Å². The number of nitrogens with two attached hydrogens (primary N) is 1. The molecule has 0 bridgehead atoms. The number of amides is 2. The first kappa shape index (κ1) is 19.9. The lowest BCUT2D eigenvalue weighted by molar-refractivity contribution is -0.136. The highest BCUT2D eigenvalue weighted by Gasteiger charge is 2.60. The quantitative estimate of drug-likeness (QED) is 0.690. The van der Waals surface area contributed by atoms with E-state index in [-0.39, 0.29) is 5.91 Å². The fourth-order valence-corrected chi connectivity index (χ4v) is 4.79. The predicted molar refractivity (Wildman–Crippen MR) is 119 cm³/mol. The van der Waals surface area contributed by atoms with Gasteiger partial charge in [0, 0.05) is 17.7 Å². The summed E-state index contributed by atoms with van der Waals surface area (Å²) in [6.45, 7) is 6.18. The molecule has 30 heavy (non-hydrogen) atoms. The fraction of sp³-hybridized carbons (Fsp3) is 0.231. The molecule has 0 fully saturated rings. The molecule has 4 heteroatoms. The van der Waals surface area contributed by atoms with E-state index in [1.165, 1.54) is 0 Å². The molecule has 1 atom stereocenters. The Morgan fingerprint density at radius 2 is 1.43 bits per heavy atom. The summed E-state index contributed by atoms with van der Waals surface area (Å²) in [6.07, 6.45) is 0. The van der Waals surface area contributed by atoms with Gasteiger partial charge in [0.15, 0.2) is 5.54 Å². The molecule has 1 aliphatic rings. The summed E-state index contributed by atoms with van der Waals surface area (Å²) in [5, 5.41) is 0. The number of benzene rings is 3. The van der Waals surface area contributed by atoms with Gasteiger partial charge in [-0.05, 0) is 28.2 Å². The fourth-order valence-electron chi connectivity index (χ4n) is 4.79. The predicted octanol–water partition coefficient (Wildman–Crippen LogP) is 4.74. The van der Waals surface area contributed by atoms with Crippen LogP contribution < -0.4 is 5.73 Å². The van der Waals surface area contributed by atoms with Crippen LogP contribution in [-0.4, -0.2) is 16.7 Å².